The van der Waals surface area contributed by atoms with Crippen molar-refractivity contribution in [3.8, 4) is 0 Å². The fourth-order valence-corrected chi connectivity index (χ4v) is 5.94. The lowest BCUT2D eigenvalue weighted by atomic mass is 9.95. The predicted octanol–water partition coefficient (Wildman–Crippen LogP) is 5.33. The van der Waals surface area contributed by atoms with Crippen LogP contribution >= 0.6 is 0 Å². The Bertz CT molecular complexity index is 1510. The molecule has 4 rings (SSSR count). The quantitative estimate of drug-likeness (QED) is 0.417. The second-order valence-electron chi connectivity index (χ2n) is 9.43. The van der Waals surface area contributed by atoms with Gasteiger partial charge in [0.1, 0.15) is 5.82 Å². The lowest BCUT2D eigenvalue weighted by molar-refractivity contribution is -0.00789. The second-order valence-corrected chi connectivity index (χ2v) is 11.3. The molecule has 0 unspecified atom stereocenters. The van der Waals surface area contributed by atoms with Gasteiger partial charge in [-0.1, -0.05) is 55.1 Å². The molecule has 0 amide bonds. The van der Waals surface area contributed by atoms with Gasteiger partial charge in [-0.05, 0) is 78.4 Å². The summed E-state index contributed by atoms with van der Waals surface area (Å²) in [5, 5.41) is 9.23. The van der Waals surface area contributed by atoms with E-state index in [0.29, 0.717) is 12.2 Å². The van der Waals surface area contributed by atoms with E-state index in [1.807, 2.05) is 56.3 Å². The van der Waals surface area contributed by atoms with Crippen molar-refractivity contribution in [3.05, 3.63) is 113 Å². The molecule has 3 N–H and O–H groups in total. The van der Waals surface area contributed by atoms with Crippen LogP contribution in [0.25, 0.3) is 11.6 Å². The number of sulfonamides is 1. The van der Waals surface area contributed by atoms with Gasteiger partial charge in [0.2, 0.25) is 0 Å². The van der Waals surface area contributed by atoms with Gasteiger partial charge in [0.15, 0.2) is 0 Å². The average Bonchev–Trinajstić information content (AvgIpc) is 3.19. The third-order valence-corrected chi connectivity index (χ3v) is 8.43. The second kappa shape index (κ2) is 9.88. The van der Waals surface area contributed by atoms with Crippen molar-refractivity contribution in [1.82, 2.24) is 4.31 Å². The highest BCUT2D eigenvalue weighted by atomic mass is 32.2. The number of carboxylic acid groups (broad SMARTS) is 1. The van der Waals surface area contributed by atoms with Gasteiger partial charge in [-0.2, -0.15) is 0 Å². The molecular weight excluding hydrogens is 488 g/mol. The van der Waals surface area contributed by atoms with Crippen LogP contribution in [0.1, 0.15) is 58.9 Å². The van der Waals surface area contributed by atoms with E-state index < -0.39 is 21.6 Å². The van der Waals surface area contributed by atoms with E-state index in [1.54, 1.807) is 13.0 Å². The van der Waals surface area contributed by atoms with Crippen molar-refractivity contribution in [2.24, 2.45) is 5.73 Å². The fourth-order valence-electron chi connectivity index (χ4n) is 4.49. The lowest BCUT2D eigenvalue weighted by Gasteiger charge is -2.27. The average molecular weight is 519 g/mol. The summed E-state index contributed by atoms with van der Waals surface area (Å²) in [4.78, 5) is 11.2. The Labute approximate surface area is 217 Å². The van der Waals surface area contributed by atoms with Crippen molar-refractivity contribution < 1.29 is 23.1 Å². The molecule has 0 fully saturated rings. The maximum atomic E-state index is 13.9. The van der Waals surface area contributed by atoms with Crippen LogP contribution in [0.15, 0.2) is 84.0 Å². The number of hydrogen-bond donors (Lipinski definition) is 2. The topological polar surface area (TPSA) is 110 Å². The van der Waals surface area contributed by atoms with Gasteiger partial charge >= 0.3 is 5.97 Å². The first kappa shape index (κ1) is 26.2. The largest absolute Gasteiger partial charge is 0.478 e. The van der Waals surface area contributed by atoms with Crippen molar-refractivity contribution in [3.63, 3.8) is 0 Å². The maximum absolute atomic E-state index is 13.9. The number of aromatic carboxylic acids is 1. The number of carbonyl (C=O) groups is 1. The minimum Gasteiger partial charge on any atom is -0.478 e. The molecule has 0 spiro atoms. The first-order valence-electron chi connectivity index (χ1n) is 11.8. The molecule has 0 aliphatic carbocycles. The molecule has 0 atom stereocenters. The summed E-state index contributed by atoms with van der Waals surface area (Å²) >= 11 is 0. The summed E-state index contributed by atoms with van der Waals surface area (Å²) in [6.07, 6.45) is 1.69. The first-order chi connectivity index (χ1) is 17.5. The molecule has 1 aliphatic heterocycles. The van der Waals surface area contributed by atoms with Crippen molar-refractivity contribution >= 4 is 27.6 Å². The van der Waals surface area contributed by atoms with Gasteiger partial charge in [0.05, 0.1) is 29.2 Å². The van der Waals surface area contributed by atoms with Crippen LogP contribution in [0.5, 0.6) is 0 Å². The Morgan fingerprint density at radius 3 is 2.46 bits per heavy atom. The highest BCUT2D eigenvalue weighted by molar-refractivity contribution is 7.89. The summed E-state index contributed by atoms with van der Waals surface area (Å²) in [6.45, 7) is 10.0. The zero-order chi connectivity index (χ0) is 27.0. The summed E-state index contributed by atoms with van der Waals surface area (Å²) in [6, 6.07) is 18.4. The van der Waals surface area contributed by atoms with E-state index in [2.05, 4.69) is 6.58 Å². The number of nitrogens with two attached hydrogens (primary N) is 1. The van der Waals surface area contributed by atoms with Gasteiger partial charge in [-0.25, -0.2) is 17.5 Å². The number of carboxylic acids is 1. The molecule has 1 aliphatic rings. The summed E-state index contributed by atoms with van der Waals surface area (Å²) in [7, 11) is -4.15. The van der Waals surface area contributed by atoms with E-state index in [0.717, 1.165) is 27.8 Å². The highest BCUT2D eigenvalue weighted by Gasteiger charge is 2.32. The van der Waals surface area contributed by atoms with Crippen LogP contribution < -0.4 is 5.73 Å². The van der Waals surface area contributed by atoms with E-state index in [4.69, 9.17) is 10.5 Å². The highest BCUT2D eigenvalue weighted by Crippen LogP contribution is 2.37. The number of fused-ring (bicyclic) bond motifs is 1. The molecule has 0 aromatic heterocycles. The Morgan fingerprint density at radius 2 is 1.81 bits per heavy atom. The Hall–Kier alpha value is -3.88. The Kier molecular flexibility index (Phi) is 6.99. The number of ether oxygens (including phenoxy) is 1. The van der Waals surface area contributed by atoms with Crippen molar-refractivity contribution in [2.45, 2.75) is 44.4 Å². The molecule has 192 valence electrons. The summed E-state index contributed by atoms with van der Waals surface area (Å²) in [5.41, 5.74) is 11.2. The number of rotatable bonds is 8. The molecule has 0 bridgehead atoms. The van der Waals surface area contributed by atoms with Crippen LogP contribution in [-0.2, 0) is 33.5 Å². The van der Waals surface area contributed by atoms with Gasteiger partial charge in [0.25, 0.3) is 10.0 Å². The smallest absolute Gasteiger partial charge is 0.335 e. The third kappa shape index (κ3) is 5.03. The van der Waals surface area contributed by atoms with E-state index in [9.17, 15) is 18.3 Å². The SMILES string of the molecule is C=Cc1ccccc1/C(C)=C(\N)N(Cc1ccc2c(c1)COC2(C)C)S(=O)(=O)c1ccc(C(=O)O)cc1. The first-order valence-corrected chi connectivity index (χ1v) is 13.2. The van der Waals surface area contributed by atoms with Crippen molar-refractivity contribution in [2.75, 3.05) is 0 Å². The number of benzene rings is 3. The maximum Gasteiger partial charge on any atom is 0.335 e. The van der Waals surface area contributed by atoms with Crippen LogP contribution in [0.2, 0.25) is 0 Å². The number of nitrogens with zero attached hydrogens (tertiary/aromatic N) is 1. The number of allylic oxidation sites excluding steroid dienone is 1. The van der Waals surface area contributed by atoms with Crippen LogP contribution in [0.4, 0.5) is 0 Å². The molecule has 37 heavy (non-hydrogen) atoms. The monoisotopic (exact) mass is 518 g/mol. The standard InChI is InChI=1S/C29H30N2O5S/c1-5-21-8-6-7-9-25(21)19(2)27(30)31(37(34,35)24-13-11-22(12-14-24)28(32)33)17-20-10-15-26-23(16-20)18-36-29(26,3)4/h5-16H,1,17-18,30H2,2-4H3,(H,32,33)/b27-19+. The van der Waals surface area contributed by atoms with E-state index >= 15 is 0 Å². The minimum absolute atomic E-state index is 0.00802. The zero-order valence-electron chi connectivity index (χ0n) is 21.1. The number of hydrogen-bond acceptors (Lipinski definition) is 5. The molecular formula is C29H30N2O5S. The zero-order valence-corrected chi connectivity index (χ0v) is 21.9. The van der Waals surface area contributed by atoms with Crippen LogP contribution in [-0.4, -0.2) is 23.8 Å². The molecule has 1 heterocycles. The molecule has 0 radical (unpaired) electrons. The molecule has 0 saturated carbocycles. The predicted molar refractivity (Wildman–Crippen MR) is 144 cm³/mol. The lowest BCUT2D eigenvalue weighted by Crippen LogP contribution is -2.34. The third-order valence-electron chi connectivity index (χ3n) is 6.66. The van der Waals surface area contributed by atoms with Crippen LogP contribution in [0, 0.1) is 0 Å². The van der Waals surface area contributed by atoms with Gasteiger partial charge in [0, 0.05) is 0 Å². The minimum atomic E-state index is -4.15. The summed E-state index contributed by atoms with van der Waals surface area (Å²) < 4.78 is 34.9. The Morgan fingerprint density at radius 1 is 1.14 bits per heavy atom. The van der Waals surface area contributed by atoms with Gasteiger partial charge < -0.3 is 15.6 Å². The Balaban J connectivity index is 1.83. The molecule has 7 nitrogen and oxygen atoms in total. The van der Waals surface area contributed by atoms with Crippen LogP contribution in [0.3, 0.4) is 0 Å². The normalized spacial score (nSPS) is 15.0. The molecule has 8 heteroatoms. The fraction of sp³-hybridized carbons (Fsp3) is 0.207. The summed E-state index contributed by atoms with van der Waals surface area (Å²) in [5.74, 6) is -1.07. The van der Waals surface area contributed by atoms with E-state index in [-0.39, 0.29) is 22.8 Å². The van der Waals surface area contributed by atoms with Gasteiger partial charge in [-0.15, -0.1) is 0 Å². The van der Waals surface area contributed by atoms with E-state index in [1.165, 1.54) is 28.6 Å². The molecule has 3 aromatic carbocycles. The van der Waals surface area contributed by atoms with Crippen molar-refractivity contribution in [1.29, 1.82) is 0 Å². The molecule has 3 aromatic rings. The molecule has 0 saturated heterocycles. The van der Waals surface area contributed by atoms with Gasteiger partial charge in [-0.3, -0.25) is 0 Å².